The Kier molecular flexibility index (Phi) is 3.95. The summed E-state index contributed by atoms with van der Waals surface area (Å²) >= 11 is 0. The molecule has 0 aliphatic heterocycles. The molecule has 0 atom stereocenters. The largest absolute Gasteiger partial charge is 0.497 e. The van der Waals surface area contributed by atoms with Crippen LogP contribution in [0.5, 0.6) is 5.75 Å². The number of benzene rings is 2. The average molecular weight is 272 g/mol. The van der Waals surface area contributed by atoms with Gasteiger partial charge in [-0.3, -0.25) is 14.9 Å². The van der Waals surface area contributed by atoms with E-state index in [2.05, 4.69) is 5.32 Å². The molecule has 0 fully saturated rings. The van der Waals surface area contributed by atoms with Gasteiger partial charge < -0.3 is 10.1 Å². The van der Waals surface area contributed by atoms with E-state index < -0.39 is 10.8 Å². The normalized spacial score (nSPS) is 9.85. The predicted octanol–water partition coefficient (Wildman–Crippen LogP) is 2.86. The molecule has 0 radical (unpaired) electrons. The molecule has 0 bridgehead atoms. The molecule has 2 rings (SSSR count). The summed E-state index contributed by atoms with van der Waals surface area (Å²) in [4.78, 5) is 22.4. The lowest BCUT2D eigenvalue weighted by atomic mass is 10.1. The van der Waals surface area contributed by atoms with Crippen LogP contribution in [0.1, 0.15) is 10.4 Å². The van der Waals surface area contributed by atoms with Crippen molar-refractivity contribution >= 4 is 17.3 Å². The van der Waals surface area contributed by atoms with E-state index in [1.54, 1.807) is 30.3 Å². The summed E-state index contributed by atoms with van der Waals surface area (Å²) in [6.07, 6.45) is 0. The first-order valence-electron chi connectivity index (χ1n) is 5.80. The maximum atomic E-state index is 12.1. The Balaban J connectivity index is 2.26. The molecule has 1 N–H and O–H groups in total. The Morgan fingerprint density at radius 2 is 1.95 bits per heavy atom. The molecule has 102 valence electrons. The van der Waals surface area contributed by atoms with E-state index in [9.17, 15) is 14.9 Å². The summed E-state index contributed by atoms with van der Waals surface area (Å²) in [5.74, 6) is 0.0518. The van der Waals surface area contributed by atoms with Crippen molar-refractivity contribution in [2.75, 3.05) is 12.4 Å². The number of hydrogen-bond acceptors (Lipinski definition) is 4. The number of carbonyl (C=O) groups is 1. The first-order valence-corrected chi connectivity index (χ1v) is 5.80. The van der Waals surface area contributed by atoms with Crippen molar-refractivity contribution in [1.82, 2.24) is 0 Å². The topological polar surface area (TPSA) is 81.5 Å². The number of ether oxygens (including phenoxy) is 1. The van der Waals surface area contributed by atoms with Crippen LogP contribution >= 0.6 is 0 Å². The van der Waals surface area contributed by atoms with Crippen molar-refractivity contribution in [2.24, 2.45) is 0 Å². The van der Waals surface area contributed by atoms with Crippen LogP contribution in [0.2, 0.25) is 0 Å². The van der Waals surface area contributed by atoms with Crippen molar-refractivity contribution in [3.05, 3.63) is 64.2 Å². The second-order valence-corrected chi connectivity index (χ2v) is 3.96. The van der Waals surface area contributed by atoms with Crippen molar-refractivity contribution in [1.29, 1.82) is 0 Å². The molecule has 0 saturated heterocycles. The van der Waals surface area contributed by atoms with E-state index in [-0.39, 0.29) is 11.3 Å². The second kappa shape index (κ2) is 5.83. The lowest BCUT2D eigenvalue weighted by Crippen LogP contribution is -2.13. The van der Waals surface area contributed by atoms with Gasteiger partial charge >= 0.3 is 0 Å². The van der Waals surface area contributed by atoms with Gasteiger partial charge in [0.15, 0.2) is 0 Å². The van der Waals surface area contributed by atoms with Gasteiger partial charge in [0.05, 0.1) is 12.0 Å². The molecule has 0 spiro atoms. The number of para-hydroxylation sites is 1. The van der Waals surface area contributed by atoms with Crippen LogP contribution in [-0.4, -0.2) is 17.9 Å². The van der Waals surface area contributed by atoms with Crippen molar-refractivity contribution in [3.63, 3.8) is 0 Å². The van der Waals surface area contributed by atoms with Gasteiger partial charge in [0.1, 0.15) is 11.3 Å². The maximum Gasteiger partial charge on any atom is 0.282 e. The van der Waals surface area contributed by atoms with Gasteiger partial charge in [-0.1, -0.05) is 18.2 Å². The maximum absolute atomic E-state index is 12.1. The van der Waals surface area contributed by atoms with E-state index in [1.165, 1.54) is 25.3 Å². The zero-order chi connectivity index (χ0) is 14.5. The summed E-state index contributed by atoms with van der Waals surface area (Å²) in [7, 11) is 1.52. The van der Waals surface area contributed by atoms with Gasteiger partial charge in [0.2, 0.25) is 0 Å². The molecule has 0 heterocycles. The molecule has 1 amide bonds. The van der Waals surface area contributed by atoms with E-state index in [4.69, 9.17) is 4.74 Å². The molecule has 2 aromatic rings. The van der Waals surface area contributed by atoms with Gasteiger partial charge in [-0.25, -0.2) is 0 Å². The Labute approximate surface area is 115 Å². The minimum absolute atomic E-state index is 0.0142. The summed E-state index contributed by atoms with van der Waals surface area (Å²) in [6.45, 7) is 0. The molecule has 0 aliphatic carbocycles. The van der Waals surface area contributed by atoms with Crippen LogP contribution in [0.15, 0.2) is 48.5 Å². The number of methoxy groups -OCH3 is 1. The van der Waals surface area contributed by atoms with Crippen LogP contribution in [0, 0.1) is 10.1 Å². The Hall–Kier alpha value is -2.89. The molecule has 20 heavy (non-hydrogen) atoms. The zero-order valence-electron chi connectivity index (χ0n) is 10.7. The first-order chi connectivity index (χ1) is 9.61. The third-order valence-electron chi connectivity index (χ3n) is 2.67. The van der Waals surface area contributed by atoms with Crippen LogP contribution in [0.4, 0.5) is 11.4 Å². The molecule has 0 aliphatic rings. The Bertz CT molecular complexity index is 655. The van der Waals surface area contributed by atoms with E-state index in [0.29, 0.717) is 11.4 Å². The first kappa shape index (κ1) is 13.5. The summed E-state index contributed by atoms with van der Waals surface area (Å²) in [5, 5.41) is 13.5. The smallest absolute Gasteiger partial charge is 0.282 e. The van der Waals surface area contributed by atoms with E-state index >= 15 is 0 Å². The Morgan fingerprint density at radius 1 is 1.20 bits per heavy atom. The summed E-state index contributed by atoms with van der Waals surface area (Å²) in [6, 6.07) is 12.6. The lowest BCUT2D eigenvalue weighted by molar-refractivity contribution is -0.385. The summed E-state index contributed by atoms with van der Waals surface area (Å²) < 4.78 is 5.04. The van der Waals surface area contributed by atoms with Crippen molar-refractivity contribution in [2.45, 2.75) is 0 Å². The predicted molar refractivity (Wildman–Crippen MR) is 74.0 cm³/mol. The highest BCUT2D eigenvalue weighted by molar-refractivity contribution is 6.07. The average Bonchev–Trinajstić information content (AvgIpc) is 2.47. The number of anilines is 1. The number of rotatable bonds is 4. The fraction of sp³-hybridized carbons (Fsp3) is 0.0714. The molecular weight excluding hydrogens is 260 g/mol. The molecular formula is C14H12N2O4. The number of amides is 1. The van der Waals surface area contributed by atoms with Gasteiger partial charge in [-0.05, 0) is 18.2 Å². The van der Waals surface area contributed by atoms with Gasteiger partial charge in [0, 0.05) is 17.8 Å². The van der Waals surface area contributed by atoms with Gasteiger partial charge in [-0.2, -0.15) is 0 Å². The lowest BCUT2D eigenvalue weighted by Gasteiger charge is -2.07. The zero-order valence-corrected chi connectivity index (χ0v) is 10.7. The standard InChI is InChI=1S/C14H12N2O4/c1-20-11-6-4-5-10(9-11)15-14(17)12-7-2-3-8-13(12)16(18)19/h2-9H,1H3,(H,15,17). The van der Waals surface area contributed by atoms with Crippen LogP contribution in [0.25, 0.3) is 0 Å². The van der Waals surface area contributed by atoms with Crippen molar-refractivity contribution < 1.29 is 14.5 Å². The fourth-order valence-corrected chi connectivity index (χ4v) is 1.72. The number of carbonyl (C=O) groups excluding carboxylic acids is 1. The second-order valence-electron chi connectivity index (χ2n) is 3.96. The highest BCUT2D eigenvalue weighted by Crippen LogP contribution is 2.21. The quantitative estimate of drug-likeness (QED) is 0.685. The summed E-state index contributed by atoms with van der Waals surface area (Å²) in [5.41, 5.74) is 0.292. The monoisotopic (exact) mass is 272 g/mol. The number of hydrogen-bond donors (Lipinski definition) is 1. The molecule has 0 saturated carbocycles. The molecule has 0 aromatic heterocycles. The Morgan fingerprint density at radius 3 is 2.65 bits per heavy atom. The molecule has 0 unspecified atom stereocenters. The van der Waals surface area contributed by atoms with Crippen molar-refractivity contribution in [3.8, 4) is 5.75 Å². The number of nitrogens with one attached hydrogen (secondary N) is 1. The number of nitrogens with zero attached hydrogens (tertiary/aromatic N) is 1. The third kappa shape index (κ3) is 2.92. The SMILES string of the molecule is COc1cccc(NC(=O)c2ccccc2[N+](=O)[O-])c1. The van der Waals surface area contributed by atoms with Crippen LogP contribution in [-0.2, 0) is 0 Å². The van der Waals surface area contributed by atoms with Gasteiger partial charge in [-0.15, -0.1) is 0 Å². The van der Waals surface area contributed by atoms with E-state index in [0.717, 1.165) is 0 Å². The van der Waals surface area contributed by atoms with Crippen LogP contribution < -0.4 is 10.1 Å². The van der Waals surface area contributed by atoms with E-state index in [1.807, 2.05) is 0 Å². The highest BCUT2D eigenvalue weighted by Gasteiger charge is 2.19. The fourth-order valence-electron chi connectivity index (χ4n) is 1.72. The molecule has 6 heteroatoms. The highest BCUT2D eigenvalue weighted by atomic mass is 16.6. The van der Waals surface area contributed by atoms with Crippen LogP contribution in [0.3, 0.4) is 0 Å². The minimum atomic E-state index is -0.583. The molecule has 6 nitrogen and oxygen atoms in total. The number of nitro groups is 1. The number of nitro benzene ring substituents is 1. The minimum Gasteiger partial charge on any atom is -0.497 e. The van der Waals surface area contributed by atoms with Gasteiger partial charge in [0.25, 0.3) is 11.6 Å². The third-order valence-corrected chi connectivity index (χ3v) is 2.67. The molecule has 2 aromatic carbocycles.